The summed E-state index contributed by atoms with van der Waals surface area (Å²) in [6.07, 6.45) is 0. The standard InChI is InChI=1S/C14H18N2O/c1-9-7-11(8-16(3)4)10(2)12-5-6-13(17)15-14(9)12/h5-7H,8H2,1-4H3,(H,15,17). The van der Waals surface area contributed by atoms with Gasteiger partial charge in [0.1, 0.15) is 0 Å². The van der Waals surface area contributed by atoms with E-state index < -0.39 is 0 Å². The normalized spacial score (nSPS) is 11.4. The summed E-state index contributed by atoms with van der Waals surface area (Å²) in [5, 5.41) is 1.14. The van der Waals surface area contributed by atoms with Crippen LogP contribution in [0.3, 0.4) is 0 Å². The van der Waals surface area contributed by atoms with Crippen LogP contribution in [-0.4, -0.2) is 24.0 Å². The maximum atomic E-state index is 11.3. The molecule has 0 saturated carbocycles. The molecule has 0 saturated heterocycles. The van der Waals surface area contributed by atoms with Gasteiger partial charge in [-0.15, -0.1) is 0 Å². The van der Waals surface area contributed by atoms with Crippen LogP contribution < -0.4 is 5.56 Å². The van der Waals surface area contributed by atoms with Crippen LogP contribution in [0.4, 0.5) is 0 Å². The fourth-order valence-electron chi connectivity index (χ4n) is 2.22. The fraction of sp³-hybridized carbons (Fsp3) is 0.357. The van der Waals surface area contributed by atoms with Crippen molar-refractivity contribution in [3.05, 3.63) is 45.2 Å². The number of hydrogen-bond donors (Lipinski definition) is 1. The molecule has 2 aromatic rings. The first-order valence-corrected chi connectivity index (χ1v) is 5.76. The number of fused-ring (bicyclic) bond motifs is 1. The molecule has 0 spiro atoms. The third-order valence-corrected chi connectivity index (χ3v) is 3.08. The van der Waals surface area contributed by atoms with E-state index >= 15 is 0 Å². The predicted octanol–water partition coefficient (Wildman–Crippen LogP) is 2.21. The highest BCUT2D eigenvalue weighted by Gasteiger charge is 2.08. The van der Waals surface area contributed by atoms with Gasteiger partial charge in [0.05, 0.1) is 5.52 Å². The summed E-state index contributed by atoms with van der Waals surface area (Å²) in [5.74, 6) is 0. The number of nitrogens with one attached hydrogen (secondary N) is 1. The monoisotopic (exact) mass is 230 g/mol. The number of rotatable bonds is 2. The molecular weight excluding hydrogens is 212 g/mol. The zero-order valence-corrected chi connectivity index (χ0v) is 10.8. The molecule has 0 aliphatic carbocycles. The number of hydrogen-bond acceptors (Lipinski definition) is 2. The molecule has 0 aliphatic heterocycles. The molecule has 0 amide bonds. The van der Waals surface area contributed by atoms with E-state index in [0.29, 0.717) is 0 Å². The van der Waals surface area contributed by atoms with Crippen molar-refractivity contribution in [1.82, 2.24) is 9.88 Å². The first-order chi connectivity index (χ1) is 7.99. The van der Waals surface area contributed by atoms with Crippen molar-refractivity contribution in [3.63, 3.8) is 0 Å². The minimum absolute atomic E-state index is 0.0413. The molecule has 2 rings (SSSR count). The maximum Gasteiger partial charge on any atom is 0.248 e. The Bertz CT molecular complexity index is 611. The Morgan fingerprint density at radius 3 is 2.59 bits per heavy atom. The number of aromatic amines is 1. The third-order valence-electron chi connectivity index (χ3n) is 3.08. The van der Waals surface area contributed by atoms with E-state index in [4.69, 9.17) is 0 Å². The molecule has 3 nitrogen and oxygen atoms in total. The van der Waals surface area contributed by atoms with Gasteiger partial charge in [-0.3, -0.25) is 4.79 Å². The van der Waals surface area contributed by atoms with Gasteiger partial charge < -0.3 is 9.88 Å². The molecule has 3 heteroatoms. The summed E-state index contributed by atoms with van der Waals surface area (Å²) < 4.78 is 0. The molecule has 17 heavy (non-hydrogen) atoms. The van der Waals surface area contributed by atoms with Crippen LogP contribution in [0.25, 0.3) is 10.9 Å². The van der Waals surface area contributed by atoms with Gasteiger partial charge in [0, 0.05) is 18.0 Å². The molecule has 0 aliphatic rings. The largest absolute Gasteiger partial charge is 0.322 e. The second kappa shape index (κ2) is 4.34. The van der Waals surface area contributed by atoms with Crippen molar-refractivity contribution in [2.45, 2.75) is 20.4 Å². The Hall–Kier alpha value is -1.61. The summed E-state index contributed by atoms with van der Waals surface area (Å²) in [6, 6.07) is 5.66. The molecule has 0 unspecified atom stereocenters. The summed E-state index contributed by atoms with van der Waals surface area (Å²) in [4.78, 5) is 16.4. The summed E-state index contributed by atoms with van der Waals surface area (Å²) >= 11 is 0. The van der Waals surface area contributed by atoms with Crippen LogP contribution in [-0.2, 0) is 6.54 Å². The highest BCUT2D eigenvalue weighted by molar-refractivity contribution is 5.85. The average molecular weight is 230 g/mol. The molecule has 1 heterocycles. The van der Waals surface area contributed by atoms with Gasteiger partial charge in [0.15, 0.2) is 0 Å². The lowest BCUT2D eigenvalue weighted by Gasteiger charge is -2.15. The number of H-pyrrole nitrogens is 1. The second-order valence-electron chi connectivity index (χ2n) is 4.83. The molecule has 90 valence electrons. The summed E-state index contributed by atoms with van der Waals surface area (Å²) in [7, 11) is 4.12. The number of aryl methyl sites for hydroxylation is 2. The smallest absolute Gasteiger partial charge is 0.248 e. The lowest BCUT2D eigenvalue weighted by molar-refractivity contribution is 0.401. The minimum atomic E-state index is -0.0413. The van der Waals surface area contributed by atoms with Crippen LogP contribution >= 0.6 is 0 Å². The van der Waals surface area contributed by atoms with Gasteiger partial charge in [-0.1, -0.05) is 6.07 Å². The number of benzene rings is 1. The first kappa shape index (κ1) is 11.9. The van der Waals surface area contributed by atoms with Gasteiger partial charge in [-0.2, -0.15) is 0 Å². The van der Waals surface area contributed by atoms with Crippen molar-refractivity contribution in [2.75, 3.05) is 14.1 Å². The lowest BCUT2D eigenvalue weighted by Crippen LogP contribution is -2.13. The summed E-state index contributed by atoms with van der Waals surface area (Å²) in [5.41, 5.74) is 4.60. The highest BCUT2D eigenvalue weighted by atomic mass is 16.1. The molecule has 1 N–H and O–H groups in total. The van der Waals surface area contributed by atoms with Crippen molar-refractivity contribution < 1.29 is 0 Å². The molecule has 0 radical (unpaired) electrons. The van der Waals surface area contributed by atoms with E-state index in [1.807, 2.05) is 13.0 Å². The van der Waals surface area contributed by atoms with E-state index in [9.17, 15) is 4.79 Å². The van der Waals surface area contributed by atoms with Crippen LogP contribution in [0, 0.1) is 13.8 Å². The molecule has 0 fully saturated rings. The van der Waals surface area contributed by atoms with Gasteiger partial charge >= 0.3 is 0 Å². The van der Waals surface area contributed by atoms with Crippen molar-refractivity contribution in [3.8, 4) is 0 Å². The highest BCUT2D eigenvalue weighted by Crippen LogP contribution is 2.23. The van der Waals surface area contributed by atoms with Crippen LogP contribution in [0.1, 0.15) is 16.7 Å². The van der Waals surface area contributed by atoms with Crippen molar-refractivity contribution in [2.24, 2.45) is 0 Å². The quantitative estimate of drug-likeness (QED) is 0.858. The van der Waals surface area contributed by atoms with Crippen LogP contribution in [0.15, 0.2) is 23.0 Å². The predicted molar refractivity (Wildman–Crippen MR) is 71.4 cm³/mol. The SMILES string of the molecule is Cc1c(CN(C)C)cc(C)c2[nH]c(=O)ccc12. The van der Waals surface area contributed by atoms with E-state index in [1.165, 1.54) is 11.1 Å². The number of aromatic nitrogens is 1. The zero-order chi connectivity index (χ0) is 12.6. The second-order valence-corrected chi connectivity index (χ2v) is 4.83. The fourth-order valence-corrected chi connectivity index (χ4v) is 2.22. The van der Waals surface area contributed by atoms with Crippen LogP contribution in [0.2, 0.25) is 0 Å². The minimum Gasteiger partial charge on any atom is -0.322 e. The third kappa shape index (κ3) is 2.24. The van der Waals surface area contributed by atoms with E-state index in [1.54, 1.807) is 6.07 Å². The van der Waals surface area contributed by atoms with Gasteiger partial charge in [0.25, 0.3) is 0 Å². The Morgan fingerprint density at radius 2 is 1.94 bits per heavy atom. The van der Waals surface area contributed by atoms with Gasteiger partial charge in [0.2, 0.25) is 5.56 Å². The van der Waals surface area contributed by atoms with E-state index in [-0.39, 0.29) is 5.56 Å². The summed E-state index contributed by atoms with van der Waals surface area (Å²) in [6.45, 7) is 5.07. The van der Waals surface area contributed by atoms with Gasteiger partial charge in [-0.25, -0.2) is 0 Å². The topological polar surface area (TPSA) is 36.1 Å². The lowest BCUT2D eigenvalue weighted by atomic mass is 9.99. The van der Waals surface area contributed by atoms with Crippen LogP contribution in [0.5, 0.6) is 0 Å². The van der Waals surface area contributed by atoms with E-state index in [0.717, 1.165) is 23.0 Å². The van der Waals surface area contributed by atoms with Crippen molar-refractivity contribution in [1.29, 1.82) is 0 Å². The zero-order valence-electron chi connectivity index (χ0n) is 10.8. The van der Waals surface area contributed by atoms with Crippen molar-refractivity contribution >= 4 is 10.9 Å². The molecular formula is C14H18N2O. The van der Waals surface area contributed by atoms with E-state index in [2.05, 4.69) is 37.0 Å². The Morgan fingerprint density at radius 1 is 1.24 bits per heavy atom. The number of pyridine rings is 1. The first-order valence-electron chi connectivity index (χ1n) is 5.76. The molecule has 1 aromatic heterocycles. The Labute approximate surface area is 101 Å². The maximum absolute atomic E-state index is 11.3. The Balaban J connectivity index is 2.72. The molecule has 0 bridgehead atoms. The Kier molecular flexibility index (Phi) is 3.03. The number of nitrogens with zero attached hydrogens (tertiary/aromatic N) is 1. The average Bonchev–Trinajstić information content (AvgIpc) is 2.25. The molecule has 0 atom stereocenters. The van der Waals surface area contributed by atoms with Gasteiger partial charge in [-0.05, 0) is 50.7 Å². The molecule has 1 aromatic carbocycles.